The smallest absolute Gasteiger partial charge is 0.264 e. The number of nitrogens with one attached hydrogen (secondary N) is 2. The van der Waals surface area contributed by atoms with Gasteiger partial charge in [0, 0.05) is 16.3 Å². The van der Waals surface area contributed by atoms with Crippen LogP contribution in [-0.2, 0) is 4.79 Å². The van der Waals surface area contributed by atoms with Gasteiger partial charge >= 0.3 is 0 Å². The first kappa shape index (κ1) is 23.7. The molecule has 0 bridgehead atoms. The van der Waals surface area contributed by atoms with Crippen molar-refractivity contribution in [2.75, 3.05) is 11.9 Å². The van der Waals surface area contributed by atoms with Gasteiger partial charge in [-0.1, -0.05) is 31.5 Å². The molecule has 0 aliphatic carbocycles. The number of carbonyl (C=O) groups excluding carboxylic acids is 1. The van der Waals surface area contributed by atoms with Crippen molar-refractivity contribution in [3.05, 3.63) is 77.3 Å². The average Bonchev–Trinajstić information content (AvgIpc) is 3.27. The Hall–Kier alpha value is -3.42. The SMILES string of the molecule is CC[C@H](C)c1ccc2oc(-c3ccc(NC(=S)NC(=O)COc4ccc(Cl)cc4)cc3)nc2c1. The quantitative estimate of drug-likeness (QED) is 0.284. The molecule has 1 amide bonds. The topological polar surface area (TPSA) is 76.4 Å². The van der Waals surface area contributed by atoms with Crippen molar-refractivity contribution in [1.82, 2.24) is 10.3 Å². The van der Waals surface area contributed by atoms with Crippen LogP contribution in [-0.4, -0.2) is 22.6 Å². The average molecular weight is 494 g/mol. The third kappa shape index (κ3) is 5.92. The zero-order valence-corrected chi connectivity index (χ0v) is 20.4. The second-order valence-electron chi connectivity index (χ2n) is 7.88. The number of halogens is 1. The Morgan fingerprint density at radius 2 is 1.85 bits per heavy atom. The van der Waals surface area contributed by atoms with Crippen molar-refractivity contribution < 1.29 is 13.9 Å². The van der Waals surface area contributed by atoms with Gasteiger partial charge in [-0.05, 0) is 90.8 Å². The van der Waals surface area contributed by atoms with Gasteiger partial charge < -0.3 is 14.5 Å². The summed E-state index contributed by atoms with van der Waals surface area (Å²) >= 11 is 11.1. The Kier molecular flexibility index (Phi) is 7.45. The number of thiocarbonyl (C=S) groups is 1. The lowest BCUT2D eigenvalue weighted by Gasteiger charge is -2.10. The van der Waals surface area contributed by atoms with Gasteiger partial charge in [0.25, 0.3) is 5.91 Å². The lowest BCUT2D eigenvalue weighted by molar-refractivity contribution is -0.121. The summed E-state index contributed by atoms with van der Waals surface area (Å²) in [5.74, 6) is 1.21. The van der Waals surface area contributed by atoms with Crippen molar-refractivity contribution in [2.45, 2.75) is 26.2 Å². The molecule has 1 atom stereocenters. The molecule has 2 N–H and O–H groups in total. The first-order valence-corrected chi connectivity index (χ1v) is 11.7. The molecule has 0 spiro atoms. The molecule has 0 aliphatic rings. The second kappa shape index (κ2) is 10.7. The van der Waals surface area contributed by atoms with E-state index in [4.69, 9.17) is 33.0 Å². The van der Waals surface area contributed by atoms with E-state index in [1.165, 1.54) is 5.56 Å². The highest BCUT2D eigenvalue weighted by atomic mass is 35.5. The molecule has 0 fully saturated rings. The minimum Gasteiger partial charge on any atom is -0.484 e. The van der Waals surface area contributed by atoms with Crippen LogP contribution in [0.1, 0.15) is 31.7 Å². The number of ether oxygens (including phenoxy) is 1. The Balaban J connectivity index is 1.33. The number of carbonyl (C=O) groups is 1. The molecular formula is C26H24ClN3O3S. The first-order valence-electron chi connectivity index (χ1n) is 10.9. The van der Waals surface area contributed by atoms with Gasteiger partial charge in [0.05, 0.1) is 0 Å². The molecule has 1 heterocycles. The molecule has 6 nitrogen and oxygen atoms in total. The Morgan fingerprint density at radius 3 is 2.56 bits per heavy atom. The zero-order chi connectivity index (χ0) is 24.1. The van der Waals surface area contributed by atoms with Crippen molar-refractivity contribution in [3.8, 4) is 17.2 Å². The summed E-state index contributed by atoms with van der Waals surface area (Å²) in [7, 11) is 0. The first-order chi connectivity index (χ1) is 16.4. The van der Waals surface area contributed by atoms with E-state index in [1.54, 1.807) is 24.3 Å². The van der Waals surface area contributed by atoms with Crippen molar-refractivity contribution >= 4 is 51.6 Å². The van der Waals surface area contributed by atoms with Gasteiger partial charge in [0.15, 0.2) is 17.3 Å². The van der Waals surface area contributed by atoms with E-state index in [0.717, 1.165) is 28.8 Å². The predicted molar refractivity (Wildman–Crippen MR) is 139 cm³/mol. The third-order valence-corrected chi connectivity index (χ3v) is 5.88. The standard InChI is InChI=1S/C26H24ClN3O3S/c1-3-16(2)18-6-13-23-22(14-18)29-25(33-23)17-4-9-20(10-5-17)28-26(34)30-24(31)15-32-21-11-7-19(27)8-12-21/h4-14,16H,3,15H2,1-2H3,(H2,28,30,31,34)/t16-/m0/s1. The van der Waals surface area contributed by atoms with Crippen LogP contribution in [0, 0.1) is 0 Å². The Bertz CT molecular complexity index is 1300. The van der Waals surface area contributed by atoms with Crippen LogP contribution in [0.15, 0.2) is 71.1 Å². The molecule has 174 valence electrons. The van der Waals surface area contributed by atoms with Crippen LogP contribution in [0.5, 0.6) is 5.75 Å². The van der Waals surface area contributed by atoms with Crippen LogP contribution in [0.4, 0.5) is 5.69 Å². The van der Waals surface area contributed by atoms with E-state index in [-0.39, 0.29) is 17.6 Å². The summed E-state index contributed by atoms with van der Waals surface area (Å²) in [6.45, 7) is 4.21. The molecule has 34 heavy (non-hydrogen) atoms. The van der Waals surface area contributed by atoms with Gasteiger partial charge in [0.2, 0.25) is 5.89 Å². The van der Waals surface area contributed by atoms with Crippen LogP contribution < -0.4 is 15.4 Å². The predicted octanol–water partition coefficient (Wildman–Crippen LogP) is 6.55. The zero-order valence-electron chi connectivity index (χ0n) is 18.8. The molecule has 0 saturated carbocycles. The summed E-state index contributed by atoms with van der Waals surface area (Å²) in [6.07, 6.45) is 1.07. The largest absolute Gasteiger partial charge is 0.484 e. The molecule has 0 aliphatic heterocycles. The molecule has 1 aromatic heterocycles. The highest BCUT2D eigenvalue weighted by Crippen LogP contribution is 2.28. The number of benzene rings is 3. The lowest BCUT2D eigenvalue weighted by Crippen LogP contribution is -2.37. The van der Waals surface area contributed by atoms with Gasteiger partial charge in [-0.2, -0.15) is 0 Å². The minimum atomic E-state index is -0.368. The van der Waals surface area contributed by atoms with Gasteiger partial charge in [-0.3, -0.25) is 10.1 Å². The van der Waals surface area contributed by atoms with Crippen molar-refractivity contribution in [2.24, 2.45) is 0 Å². The summed E-state index contributed by atoms with van der Waals surface area (Å²) in [5, 5.41) is 6.35. The van der Waals surface area contributed by atoms with Crippen LogP contribution in [0.3, 0.4) is 0 Å². The number of oxazole rings is 1. The fourth-order valence-corrected chi connectivity index (χ4v) is 3.67. The molecule has 4 rings (SSSR count). The van der Waals surface area contributed by atoms with Crippen molar-refractivity contribution in [3.63, 3.8) is 0 Å². The number of nitrogens with zero attached hydrogens (tertiary/aromatic N) is 1. The number of hydrogen-bond acceptors (Lipinski definition) is 5. The Morgan fingerprint density at radius 1 is 1.12 bits per heavy atom. The minimum absolute atomic E-state index is 0.168. The second-order valence-corrected chi connectivity index (χ2v) is 8.72. The summed E-state index contributed by atoms with van der Waals surface area (Å²) < 4.78 is 11.3. The monoisotopic (exact) mass is 493 g/mol. The highest BCUT2D eigenvalue weighted by Gasteiger charge is 2.12. The number of fused-ring (bicyclic) bond motifs is 1. The summed E-state index contributed by atoms with van der Waals surface area (Å²) in [4.78, 5) is 16.7. The van der Waals surface area contributed by atoms with Gasteiger partial charge in [0.1, 0.15) is 11.3 Å². The van der Waals surface area contributed by atoms with E-state index >= 15 is 0 Å². The molecular weight excluding hydrogens is 470 g/mol. The third-order valence-electron chi connectivity index (χ3n) is 5.42. The maximum atomic E-state index is 12.1. The number of anilines is 1. The Labute approximate surface area is 208 Å². The van der Waals surface area contributed by atoms with E-state index in [0.29, 0.717) is 22.6 Å². The molecule has 0 saturated heterocycles. The number of hydrogen-bond donors (Lipinski definition) is 2. The lowest BCUT2D eigenvalue weighted by atomic mass is 9.98. The van der Waals surface area contributed by atoms with Crippen LogP contribution >= 0.6 is 23.8 Å². The fourth-order valence-electron chi connectivity index (χ4n) is 3.31. The molecule has 3 aromatic carbocycles. The van der Waals surface area contributed by atoms with E-state index < -0.39 is 0 Å². The summed E-state index contributed by atoms with van der Waals surface area (Å²) in [6, 6.07) is 20.4. The molecule has 0 unspecified atom stereocenters. The van der Waals surface area contributed by atoms with E-state index in [1.807, 2.05) is 30.3 Å². The fraction of sp³-hybridized carbons (Fsp3) is 0.192. The number of amides is 1. The maximum absolute atomic E-state index is 12.1. The summed E-state index contributed by atoms with van der Waals surface area (Å²) in [5.41, 5.74) is 4.43. The molecule has 0 radical (unpaired) electrons. The maximum Gasteiger partial charge on any atom is 0.264 e. The van der Waals surface area contributed by atoms with Gasteiger partial charge in [-0.25, -0.2) is 4.98 Å². The highest BCUT2D eigenvalue weighted by molar-refractivity contribution is 7.80. The van der Waals surface area contributed by atoms with Crippen molar-refractivity contribution in [1.29, 1.82) is 0 Å². The van der Waals surface area contributed by atoms with Crippen LogP contribution in [0.2, 0.25) is 5.02 Å². The van der Waals surface area contributed by atoms with Crippen LogP contribution in [0.25, 0.3) is 22.6 Å². The normalized spacial score (nSPS) is 11.7. The van der Waals surface area contributed by atoms with E-state index in [2.05, 4.69) is 41.6 Å². The number of aromatic nitrogens is 1. The number of rotatable bonds is 7. The van der Waals surface area contributed by atoms with E-state index in [9.17, 15) is 4.79 Å². The van der Waals surface area contributed by atoms with Gasteiger partial charge in [-0.15, -0.1) is 0 Å². The molecule has 4 aromatic rings. The molecule has 8 heteroatoms.